The van der Waals surface area contributed by atoms with Crippen LogP contribution in [0.3, 0.4) is 0 Å². The molecule has 20 heavy (non-hydrogen) atoms. The van der Waals surface area contributed by atoms with E-state index in [0.717, 1.165) is 28.3 Å². The fourth-order valence-electron chi connectivity index (χ4n) is 2.35. The Bertz CT molecular complexity index is 736. The van der Waals surface area contributed by atoms with E-state index in [2.05, 4.69) is 9.55 Å². The summed E-state index contributed by atoms with van der Waals surface area (Å²) in [6.07, 6.45) is 0. The van der Waals surface area contributed by atoms with Gasteiger partial charge in [-0.25, -0.2) is 4.98 Å². The number of hydrogen-bond donors (Lipinski definition) is 0. The molecule has 0 aliphatic carbocycles. The van der Waals surface area contributed by atoms with Gasteiger partial charge in [-0.1, -0.05) is 24.3 Å². The Hall–Kier alpha value is -2.00. The molecule has 0 atom stereocenters. The Morgan fingerprint density at radius 3 is 2.65 bits per heavy atom. The lowest BCUT2D eigenvalue weighted by Crippen LogP contribution is -2.03. The lowest BCUT2D eigenvalue weighted by atomic mass is 10.2. The summed E-state index contributed by atoms with van der Waals surface area (Å²) < 4.78 is 7.78. The number of para-hydroxylation sites is 4. The van der Waals surface area contributed by atoms with Crippen LogP contribution in [0.25, 0.3) is 16.7 Å². The number of nitrogens with zero attached hydrogens (tertiary/aromatic N) is 2. The van der Waals surface area contributed by atoms with Gasteiger partial charge in [0.1, 0.15) is 11.6 Å². The molecule has 3 aromatic rings. The molecule has 0 aliphatic heterocycles. The second-order valence-electron chi connectivity index (χ2n) is 4.39. The van der Waals surface area contributed by atoms with Crippen molar-refractivity contribution < 1.29 is 4.74 Å². The third-order valence-corrected chi connectivity index (χ3v) is 3.39. The number of imidazole rings is 1. The molecule has 2 aromatic carbocycles. The van der Waals surface area contributed by atoms with Crippen molar-refractivity contribution in [3.05, 3.63) is 54.4 Å². The van der Waals surface area contributed by atoms with E-state index in [9.17, 15) is 0 Å². The summed E-state index contributed by atoms with van der Waals surface area (Å²) in [7, 11) is 0. The first-order chi connectivity index (χ1) is 9.85. The van der Waals surface area contributed by atoms with Crippen LogP contribution in [0.1, 0.15) is 12.7 Å². The van der Waals surface area contributed by atoms with Crippen molar-refractivity contribution in [2.24, 2.45) is 0 Å². The van der Waals surface area contributed by atoms with Gasteiger partial charge in [-0.3, -0.25) is 4.57 Å². The summed E-state index contributed by atoms with van der Waals surface area (Å²) in [5, 5.41) is 0. The van der Waals surface area contributed by atoms with Gasteiger partial charge in [-0.05, 0) is 31.2 Å². The smallest absolute Gasteiger partial charge is 0.143 e. The summed E-state index contributed by atoms with van der Waals surface area (Å²) in [6.45, 7) is 2.60. The quantitative estimate of drug-likeness (QED) is 0.673. The van der Waals surface area contributed by atoms with Gasteiger partial charge >= 0.3 is 0 Å². The summed E-state index contributed by atoms with van der Waals surface area (Å²) in [6, 6.07) is 16.0. The highest BCUT2D eigenvalue weighted by Gasteiger charge is 2.14. The Morgan fingerprint density at radius 2 is 1.85 bits per heavy atom. The van der Waals surface area contributed by atoms with Gasteiger partial charge in [0.25, 0.3) is 0 Å². The first-order valence-corrected chi connectivity index (χ1v) is 7.13. The predicted molar refractivity (Wildman–Crippen MR) is 81.8 cm³/mol. The van der Waals surface area contributed by atoms with E-state index in [1.807, 2.05) is 55.5 Å². The number of rotatable bonds is 4. The van der Waals surface area contributed by atoms with Crippen LogP contribution < -0.4 is 4.74 Å². The summed E-state index contributed by atoms with van der Waals surface area (Å²) in [5.74, 6) is 2.01. The average Bonchev–Trinajstić information content (AvgIpc) is 2.86. The van der Waals surface area contributed by atoms with Crippen LogP contribution in [0.4, 0.5) is 0 Å². The first kappa shape index (κ1) is 13.0. The van der Waals surface area contributed by atoms with E-state index in [1.165, 1.54) is 0 Å². The van der Waals surface area contributed by atoms with Crippen molar-refractivity contribution in [1.82, 2.24) is 9.55 Å². The lowest BCUT2D eigenvalue weighted by molar-refractivity contribution is 0.339. The minimum Gasteiger partial charge on any atom is -0.492 e. The highest BCUT2D eigenvalue weighted by Crippen LogP contribution is 2.29. The van der Waals surface area contributed by atoms with Gasteiger partial charge < -0.3 is 4.74 Å². The van der Waals surface area contributed by atoms with Crippen molar-refractivity contribution in [3.63, 3.8) is 0 Å². The number of aromatic nitrogens is 2. The second kappa shape index (κ2) is 5.55. The van der Waals surface area contributed by atoms with Crippen LogP contribution in [-0.4, -0.2) is 16.2 Å². The molecule has 1 aromatic heterocycles. The highest BCUT2D eigenvalue weighted by atomic mass is 35.5. The zero-order valence-corrected chi connectivity index (χ0v) is 12.0. The molecule has 3 rings (SSSR count). The van der Waals surface area contributed by atoms with Gasteiger partial charge in [-0.2, -0.15) is 0 Å². The largest absolute Gasteiger partial charge is 0.492 e. The van der Waals surface area contributed by atoms with E-state index in [1.54, 1.807) is 0 Å². The Morgan fingerprint density at radius 1 is 1.10 bits per heavy atom. The fourth-order valence-corrected chi connectivity index (χ4v) is 2.53. The minimum atomic E-state index is 0.356. The van der Waals surface area contributed by atoms with Crippen molar-refractivity contribution in [1.29, 1.82) is 0 Å². The summed E-state index contributed by atoms with van der Waals surface area (Å²) >= 11 is 6.06. The standard InChI is InChI=1S/C16H15ClN2O/c1-2-20-15-10-6-5-9-14(15)19-13-8-4-3-7-12(13)18-16(19)11-17/h3-10H,2,11H2,1H3. The van der Waals surface area contributed by atoms with E-state index in [0.29, 0.717) is 12.5 Å². The number of fused-ring (bicyclic) bond motifs is 1. The molecule has 0 radical (unpaired) electrons. The molecule has 0 saturated heterocycles. The van der Waals surface area contributed by atoms with Crippen molar-refractivity contribution >= 4 is 22.6 Å². The van der Waals surface area contributed by atoms with Gasteiger partial charge in [0.15, 0.2) is 0 Å². The van der Waals surface area contributed by atoms with Gasteiger partial charge in [0, 0.05) is 0 Å². The van der Waals surface area contributed by atoms with Crippen LogP contribution in [-0.2, 0) is 5.88 Å². The lowest BCUT2D eigenvalue weighted by Gasteiger charge is -2.13. The van der Waals surface area contributed by atoms with Gasteiger partial charge in [0.05, 0.1) is 29.2 Å². The number of halogens is 1. The molecule has 3 nitrogen and oxygen atoms in total. The van der Waals surface area contributed by atoms with E-state index in [4.69, 9.17) is 16.3 Å². The average molecular weight is 287 g/mol. The van der Waals surface area contributed by atoms with Crippen LogP contribution in [0.5, 0.6) is 5.75 Å². The zero-order valence-electron chi connectivity index (χ0n) is 11.2. The zero-order chi connectivity index (χ0) is 13.9. The predicted octanol–water partition coefficient (Wildman–Crippen LogP) is 4.16. The summed E-state index contributed by atoms with van der Waals surface area (Å²) in [5.41, 5.74) is 2.95. The second-order valence-corrected chi connectivity index (χ2v) is 4.65. The fraction of sp³-hybridized carbons (Fsp3) is 0.188. The maximum Gasteiger partial charge on any atom is 0.143 e. The molecule has 0 unspecified atom stereocenters. The molecule has 0 spiro atoms. The summed E-state index contributed by atoms with van der Waals surface area (Å²) in [4.78, 5) is 4.58. The molecule has 0 fully saturated rings. The Balaban J connectivity index is 2.28. The Kier molecular flexibility index (Phi) is 3.61. The van der Waals surface area contributed by atoms with Crippen LogP contribution in [0.15, 0.2) is 48.5 Å². The van der Waals surface area contributed by atoms with Gasteiger partial charge in [-0.15, -0.1) is 11.6 Å². The number of ether oxygens (including phenoxy) is 1. The molecule has 4 heteroatoms. The third kappa shape index (κ3) is 2.14. The van der Waals surface area contributed by atoms with Crippen molar-refractivity contribution in [2.45, 2.75) is 12.8 Å². The third-order valence-electron chi connectivity index (χ3n) is 3.16. The van der Waals surface area contributed by atoms with Crippen LogP contribution >= 0.6 is 11.6 Å². The molecular weight excluding hydrogens is 272 g/mol. The highest BCUT2D eigenvalue weighted by molar-refractivity contribution is 6.17. The molecule has 0 N–H and O–H groups in total. The molecule has 102 valence electrons. The first-order valence-electron chi connectivity index (χ1n) is 6.59. The van der Waals surface area contributed by atoms with E-state index < -0.39 is 0 Å². The van der Waals surface area contributed by atoms with Crippen molar-refractivity contribution in [2.75, 3.05) is 6.61 Å². The van der Waals surface area contributed by atoms with E-state index in [-0.39, 0.29) is 0 Å². The molecule has 1 heterocycles. The normalized spacial score (nSPS) is 10.9. The van der Waals surface area contributed by atoms with E-state index >= 15 is 0 Å². The van der Waals surface area contributed by atoms with Gasteiger partial charge in [0.2, 0.25) is 0 Å². The van der Waals surface area contributed by atoms with Crippen LogP contribution in [0.2, 0.25) is 0 Å². The number of hydrogen-bond acceptors (Lipinski definition) is 2. The molecule has 0 amide bonds. The molecule has 0 aliphatic rings. The topological polar surface area (TPSA) is 27.1 Å². The Labute approximate surface area is 122 Å². The number of benzene rings is 2. The van der Waals surface area contributed by atoms with Crippen LogP contribution in [0, 0.1) is 0 Å². The molecule has 0 saturated carbocycles. The maximum absolute atomic E-state index is 6.06. The monoisotopic (exact) mass is 286 g/mol. The van der Waals surface area contributed by atoms with Crippen molar-refractivity contribution in [3.8, 4) is 11.4 Å². The molecule has 0 bridgehead atoms. The SMILES string of the molecule is CCOc1ccccc1-n1c(CCl)nc2ccccc21. The minimum absolute atomic E-state index is 0.356. The maximum atomic E-state index is 6.06. The molecular formula is C16H15ClN2O. The number of alkyl halides is 1.